The number of likely N-dealkylation sites (N-methyl/N-ethyl adjacent to an activating group) is 1. The molecule has 3 heteroatoms. The van der Waals surface area contributed by atoms with E-state index in [0.717, 1.165) is 6.54 Å². The number of H-pyrrole nitrogens is 1. The van der Waals surface area contributed by atoms with Crippen LogP contribution in [0.5, 0.6) is 0 Å². The highest BCUT2D eigenvalue weighted by molar-refractivity contribution is 5.79. The van der Waals surface area contributed by atoms with Crippen molar-refractivity contribution >= 4 is 10.9 Å². The van der Waals surface area contributed by atoms with Gasteiger partial charge in [-0.3, -0.25) is 4.90 Å². The number of nitrogens with zero attached hydrogens (tertiary/aromatic N) is 2. The summed E-state index contributed by atoms with van der Waals surface area (Å²) in [7, 11) is 2.21. The molecular weight excluding hydrogens is 222 g/mol. The summed E-state index contributed by atoms with van der Waals surface area (Å²) in [6, 6.07) is 9.82. The van der Waals surface area contributed by atoms with Gasteiger partial charge >= 0.3 is 0 Å². The van der Waals surface area contributed by atoms with Crippen molar-refractivity contribution in [3.63, 3.8) is 0 Å². The molecule has 0 atom stereocenters. The molecule has 3 rings (SSSR count). The average Bonchev–Trinajstić information content (AvgIpc) is 2.74. The fraction of sp³-hybridized carbons (Fsp3) is 0.467. The molecular formula is C15H20N3. The molecule has 1 radical (unpaired) electrons. The van der Waals surface area contributed by atoms with E-state index in [0.29, 0.717) is 0 Å². The summed E-state index contributed by atoms with van der Waals surface area (Å²) in [5.74, 6) is 0. The van der Waals surface area contributed by atoms with Crippen LogP contribution in [0.2, 0.25) is 0 Å². The fourth-order valence-electron chi connectivity index (χ4n) is 2.64. The highest BCUT2D eigenvalue weighted by atomic mass is 15.2. The van der Waals surface area contributed by atoms with Gasteiger partial charge in [0.05, 0.1) is 0 Å². The van der Waals surface area contributed by atoms with Crippen molar-refractivity contribution < 1.29 is 0 Å². The lowest BCUT2D eigenvalue weighted by Gasteiger charge is -2.20. The van der Waals surface area contributed by atoms with Crippen LogP contribution in [0, 0.1) is 6.07 Å². The van der Waals surface area contributed by atoms with E-state index < -0.39 is 0 Å². The van der Waals surface area contributed by atoms with Gasteiger partial charge in [-0.05, 0) is 38.2 Å². The van der Waals surface area contributed by atoms with Crippen molar-refractivity contribution in [2.24, 2.45) is 0 Å². The zero-order chi connectivity index (χ0) is 12.4. The van der Waals surface area contributed by atoms with Crippen LogP contribution in [0.1, 0.15) is 12.0 Å². The molecule has 1 aliphatic heterocycles. The average molecular weight is 242 g/mol. The molecule has 1 fully saturated rings. The Balaban J connectivity index is 1.71. The number of fused-ring (bicyclic) bond motifs is 1. The van der Waals surface area contributed by atoms with E-state index in [1.807, 2.05) is 6.20 Å². The first-order valence-corrected chi connectivity index (χ1v) is 6.70. The molecule has 1 N–H and O–H groups in total. The Morgan fingerprint density at radius 2 is 2.17 bits per heavy atom. The van der Waals surface area contributed by atoms with E-state index in [1.165, 1.54) is 49.1 Å². The Labute approximate surface area is 108 Å². The Kier molecular flexibility index (Phi) is 3.35. The summed E-state index contributed by atoms with van der Waals surface area (Å²) in [6.07, 6.45) is 3.16. The van der Waals surface area contributed by atoms with Crippen molar-refractivity contribution in [3.05, 3.63) is 36.0 Å². The largest absolute Gasteiger partial charge is 0.361 e. The molecule has 2 aromatic rings. The third-order valence-electron chi connectivity index (χ3n) is 3.76. The minimum Gasteiger partial charge on any atom is -0.361 e. The molecule has 0 aliphatic carbocycles. The van der Waals surface area contributed by atoms with Crippen LogP contribution in [-0.4, -0.2) is 48.0 Å². The maximum absolute atomic E-state index is 3.23. The monoisotopic (exact) mass is 242 g/mol. The Morgan fingerprint density at radius 3 is 3.11 bits per heavy atom. The normalized spacial score (nSPS) is 19.2. The van der Waals surface area contributed by atoms with Crippen LogP contribution in [0.15, 0.2) is 24.4 Å². The van der Waals surface area contributed by atoms with Crippen LogP contribution in [0.3, 0.4) is 0 Å². The number of aromatic amines is 1. The molecule has 1 aromatic heterocycles. The molecule has 1 saturated heterocycles. The van der Waals surface area contributed by atoms with Gasteiger partial charge in [0.25, 0.3) is 0 Å². The number of hydrogen-bond donors (Lipinski definition) is 1. The molecule has 0 unspecified atom stereocenters. The topological polar surface area (TPSA) is 22.3 Å². The van der Waals surface area contributed by atoms with Gasteiger partial charge in [0.15, 0.2) is 0 Å². The van der Waals surface area contributed by atoms with Crippen LogP contribution >= 0.6 is 0 Å². The minimum atomic E-state index is 1.06. The quantitative estimate of drug-likeness (QED) is 0.871. The maximum Gasteiger partial charge on any atom is 0.0463 e. The van der Waals surface area contributed by atoms with Gasteiger partial charge < -0.3 is 9.88 Å². The van der Waals surface area contributed by atoms with E-state index in [1.54, 1.807) is 0 Å². The third-order valence-corrected chi connectivity index (χ3v) is 3.76. The summed E-state index contributed by atoms with van der Waals surface area (Å²) in [5.41, 5.74) is 2.59. The van der Waals surface area contributed by atoms with Crippen LogP contribution < -0.4 is 0 Å². The number of benzene rings is 1. The van der Waals surface area contributed by atoms with E-state index in [2.05, 4.69) is 46.1 Å². The first-order chi connectivity index (χ1) is 8.81. The fourth-order valence-corrected chi connectivity index (χ4v) is 2.64. The second-order valence-electron chi connectivity index (χ2n) is 5.25. The molecule has 95 valence electrons. The number of rotatable bonds is 2. The molecule has 2 heterocycles. The summed E-state index contributed by atoms with van der Waals surface area (Å²) in [6.45, 7) is 5.84. The van der Waals surface area contributed by atoms with Crippen molar-refractivity contribution in [2.45, 2.75) is 13.0 Å². The molecule has 0 saturated carbocycles. The Bertz CT molecular complexity index is 517. The standard InChI is InChI=1S/C15H20N3/c1-17-7-2-8-18(10-9-17)12-13-3-4-14-5-6-16-15(14)11-13/h3-4,6,11,16H,2,7-10,12H2,1H3. The third kappa shape index (κ3) is 2.57. The molecule has 3 nitrogen and oxygen atoms in total. The van der Waals surface area contributed by atoms with E-state index in [9.17, 15) is 0 Å². The first-order valence-electron chi connectivity index (χ1n) is 6.70. The van der Waals surface area contributed by atoms with E-state index >= 15 is 0 Å². The van der Waals surface area contributed by atoms with Gasteiger partial charge in [-0.1, -0.05) is 12.1 Å². The smallest absolute Gasteiger partial charge is 0.0463 e. The molecule has 0 bridgehead atoms. The van der Waals surface area contributed by atoms with Gasteiger partial charge in [0.2, 0.25) is 0 Å². The zero-order valence-electron chi connectivity index (χ0n) is 10.9. The molecule has 0 amide bonds. The van der Waals surface area contributed by atoms with Crippen LogP contribution in [0.4, 0.5) is 0 Å². The van der Waals surface area contributed by atoms with Gasteiger partial charge in [-0.25, -0.2) is 0 Å². The number of aromatic nitrogens is 1. The number of hydrogen-bond acceptors (Lipinski definition) is 2. The molecule has 0 spiro atoms. The summed E-state index contributed by atoms with van der Waals surface area (Å²) in [5, 5.41) is 1.18. The van der Waals surface area contributed by atoms with Crippen molar-refractivity contribution in [1.29, 1.82) is 0 Å². The van der Waals surface area contributed by atoms with Crippen LogP contribution in [-0.2, 0) is 6.54 Å². The lowest BCUT2D eigenvalue weighted by atomic mass is 10.1. The van der Waals surface area contributed by atoms with Gasteiger partial charge in [-0.15, -0.1) is 0 Å². The Morgan fingerprint density at radius 1 is 1.22 bits per heavy atom. The lowest BCUT2D eigenvalue weighted by Crippen LogP contribution is -2.28. The predicted molar refractivity (Wildman–Crippen MR) is 74.5 cm³/mol. The van der Waals surface area contributed by atoms with E-state index in [4.69, 9.17) is 0 Å². The summed E-state index contributed by atoms with van der Waals surface area (Å²) in [4.78, 5) is 8.21. The molecule has 1 aliphatic rings. The summed E-state index contributed by atoms with van der Waals surface area (Å²) >= 11 is 0. The van der Waals surface area contributed by atoms with Gasteiger partial charge in [-0.2, -0.15) is 0 Å². The van der Waals surface area contributed by atoms with Crippen molar-refractivity contribution in [3.8, 4) is 0 Å². The SMILES string of the molecule is CN1CCCN(Cc2ccc3[c]c[nH]c3c2)CC1. The van der Waals surface area contributed by atoms with E-state index in [-0.39, 0.29) is 0 Å². The lowest BCUT2D eigenvalue weighted by molar-refractivity contribution is 0.269. The van der Waals surface area contributed by atoms with Crippen LogP contribution in [0.25, 0.3) is 10.9 Å². The summed E-state index contributed by atoms with van der Waals surface area (Å²) < 4.78 is 0. The maximum atomic E-state index is 3.23. The Hall–Kier alpha value is -1.32. The number of nitrogens with one attached hydrogen (secondary N) is 1. The first kappa shape index (κ1) is 11.8. The highest BCUT2D eigenvalue weighted by Gasteiger charge is 2.12. The van der Waals surface area contributed by atoms with Gasteiger partial charge in [0, 0.05) is 42.8 Å². The second-order valence-corrected chi connectivity index (χ2v) is 5.25. The predicted octanol–water partition coefficient (Wildman–Crippen LogP) is 2.11. The molecule has 1 aromatic carbocycles. The highest BCUT2D eigenvalue weighted by Crippen LogP contribution is 2.15. The zero-order valence-corrected chi connectivity index (χ0v) is 10.9. The van der Waals surface area contributed by atoms with Gasteiger partial charge in [0.1, 0.15) is 0 Å². The van der Waals surface area contributed by atoms with Crippen molar-refractivity contribution in [2.75, 3.05) is 33.2 Å². The second kappa shape index (κ2) is 5.12. The van der Waals surface area contributed by atoms with Crippen molar-refractivity contribution in [1.82, 2.24) is 14.8 Å². The molecule has 18 heavy (non-hydrogen) atoms. The minimum absolute atomic E-state index is 1.06.